The molecule has 98 valence electrons. The predicted molar refractivity (Wildman–Crippen MR) is 69.5 cm³/mol. The summed E-state index contributed by atoms with van der Waals surface area (Å²) in [5.41, 5.74) is 6.27. The number of aromatic nitrogens is 4. The molecule has 1 atom stereocenters. The largest absolute Gasteiger partial charge is 0.276 e. The van der Waals surface area contributed by atoms with Gasteiger partial charge in [-0.3, -0.25) is 20.6 Å². The van der Waals surface area contributed by atoms with Crippen LogP contribution in [0.2, 0.25) is 0 Å². The Bertz CT molecular complexity index is 512. The van der Waals surface area contributed by atoms with E-state index in [4.69, 9.17) is 5.84 Å². The van der Waals surface area contributed by atoms with Gasteiger partial charge in [0.1, 0.15) is 0 Å². The Morgan fingerprint density at radius 1 is 1.33 bits per heavy atom. The summed E-state index contributed by atoms with van der Waals surface area (Å²) in [5, 5.41) is 8.51. The lowest BCUT2D eigenvalue weighted by atomic mass is 10.0. The zero-order valence-corrected chi connectivity index (χ0v) is 11.1. The van der Waals surface area contributed by atoms with Crippen LogP contribution in [0, 0.1) is 6.92 Å². The molecule has 2 aromatic heterocycles. The quantitative estimate of drug-likeness (QED) is 0.600. The van der Waals surface area contributed by atoms with Gasteiger partial charge in [0.15, 0.2) is 0 Å². The van der Waals surface area contributed by atoms with Crippen LogP contribution < -0.4 is 11.3 Å². The number of nitrogens with two attached hydrogens (primary N) is 1. The standard InChI is InChI=1S/C12H20N6/c1-9-11(8-18(3)16-9)12(15-13)5-4-10-6-14-17(2)7-10/h6-8,12,15H,4-5,13H2,1-3H3. The van der Waals surface area contributed by atoms with Crippen LogP contribution in [0.5, 0.6) is 0 Å². The van der Waals surface area contributed by atoms with E-state index in [1.165, 1.54) is 5.56 Å². The Balaban J connectivity index is 2.03. The molecule has 0 fully saturated rings. The first-order valence-corrected chi connectivity index (χ1v) is 6.04. The fourth-order valence-corrected chi connectivity index (χ4v) is 2.20. The van der Waals surface area contributed by atoms with Crippen LogP contribution in [0.25, 0.3) is 0 Å². The van der Waals surface area contributed by atoms with Crippen molar-refractivity contribution in [3.63, 3.8) is 0 Å². The van der Waals surface area contributed by atoms with E-state index in [1.807, 2.05) is 49.0 Å². The maximum Gasteiger partial charge on any atom is 0.0641 e. The lowest BCUT2D eigenvalue weighted by molar-refractivity contribution is 0.514. The number of nitrogens with one attached hydrogen (secondary N) is 1. The van der Waals surface area contributed by atoms with Crippen molar-refractivity contribution in [2.75, 3.05) is 0 Å². The zero-order valence-electron chi connectivity index (χ0n) is 11.1. The maximum absolute atomic E-state index is 5.64. The van der Waals surface area contributed by atoms with Crippen molar-refractivity contribution in [2.45, 2.75) is 25.8 Å². The summed E-state index contributed by atoms with van der Waals surface area (Å²) in [5.74, 6) is 5.64. The Morgan fingerprint density at radius 3 is 2.61 bits per heavy atom. The molecule has 2 rings (SSSR count). The van der Waals surface area contributed by atoms with Gasteiger partial charge >= 0.3 is 0 Å². The highest BCUT2D eigenvalue weighted by atomic mass is 15.3. The molecule has 0 radical (unpaired) electrons. The summed E-state index contributed by atoms with van der Waals surface area (Å²) >= 11 is 0. The molecule has 0 aliphatic rings. The van der Waals surface area contributed by atoms with Crippen LogP contribution in [0.4, 0.5) is 0 Å². The summed E-state index contributed by atoms with van der Waals surface area (Å²) in [6, 6.07) is 0.124. The highest BCUT2D eigenvalue weighted by Gasteiger charge is 2.15. The van der Waals surface area contributed by atoms with Crippen molar-refractivity contribution in [3.8, 4) is 0 Å². The van der Waals surface area contributed by atoms with E-state index >= 15 is 0 Å². The summed E-state index contributed by atoms with van der Waals surface area (Å²) in [7, 11) is 3.85. The minimum atomic E-state index is 0.124. The fourth-order valence-electron chi connectivity index (χ4n) is 2.20. The van der Waals surface area contributed by atoms with E-state index in [0.29, 0.717) is 0 Å². The molecule has 6 nitrogen and oxygen atoms in total. The summed E-state index contributed by atoms with van der Waals surface area (Å²) in [6.07, 6.45) is 7.81. The lowest BCUT2D eigenvalue weighted by Crippen LogP contribution is -2.28. The van der Waals surface area contributed by atoms with Gasteiger partial charge in [0.25, 0.3) is 0 Å². The molecule has 0 bridgehead atoms. The zero-order chi connectivity index (χ0) is 13.1. The minimum Gasteiger partial charge on any atom is -0.276 e. The molecule has 0 aliphatic carbocycles. The Morgan fingerprint density at radius 2 is 2.11 bits per heavy atom. The van der Waals surface area contributed by atoms with Gasteiger partial charge in [0.2, 0.25) is 0 Å². The second-order valence-electron chi connectivity index (χ2n) is 4.62. The lowest BCUT2D eigenvalue weighted by Gasteiger charge is -2.14. The minimum absolute atomic E-state index is 0.124. The Kier molecular flexibility index (Phi) is 3.78. The van der Waals surface area contributed by atoms with Gasteiger partial charge in [-0.05, 0) is 25.3 Å². The van der Waals surface area contributed by atoms with Gasteiger partial charge in [0.05, 0.1) is 11.9 Å². The second-order valence-corrected chi connectivity index (χ2v) is 4.62. The highest BCUT2D eigenvalue weighted by molar-refractivity contribution is 5.20. The van der Waals surface area contributed by atoms with Crippen LogP contribution in [-0.2, 0) is 20.5 Å². The normalized spacial score (nSPS) is 12.9. The summed E-state index contributed by atoms with van der Waals surface area (Å²) < 4.78 is 3.63. The van der Waals surface area contributed by atoms with Crippen molar-refractivity contribution in [1.29, 1.82) is 0 Å². The van der Waals surface area contributed by atoms with Gasteiger partial charge in [-0.1, -0.05) is 0 Å². The van der Waals surface area contributed by atoms with Crippen LogP contribution >= 0.6 is 0 Å². The maximum atomic E-state index is 5.64. The Labute approximate surface area is 107 Å². The molecule has 2 aromatic rings. The van der Waals surface area contributed by atoms with E-state index in [9.17, 15) is 0 Å². The molecule has 0 aliphatic heterocycles. The predicted octanol–water partition coefficient (Wildman–Crippen LogP) is 0.599. The van der Waals surface area contributed by atoms with Crippen LogP contribution in [-0.4, -0.2) is 19.6 Å². The molecular weight excluding hydrogens is 228 g/mol. The molecule has 18 heavy (non-hydrogen) atoms. The molecule has 0 amide bonds. The average Bonchev–Trinajstić information content (AvgIpc) is 2.87. The third-order valence-corrected chi connectivity index (χ3v) is 3.11. The van der Waals surface area contributed by atoms with Crippen molar-refractivity contribution < 1.29 is 0 Å². The number of hydrogen-bond acceptors (Lipinski definition) is 4. The van der Waals surface area contributed by atoms with Crippen molar-refractivity contribution in [3.05, 3.63) is 35.4 Å². The molecule has 1 unspecified atom stereocenters. The molecule has 6 heteroatoms. The van der Waals surface area contributed by atoms with Gasteiger partial charge < -0.3 is 0 Å². The average molecular weight is 248 g/mol. The van der Waals surface area contributed by atoms with Crippen molar-refractivity contribution >= 4 is 0 Å². The third-order valence-electron chi connectivity index (χ3n) is 3.11. The van der Waals surface area contributed by atoms with Crippen LogP contribution in [0.3, 0.4) is 0 Å². The van der Waals surface area contributed by atoms with Crippen LogP contribution in [0.1, 0.15) is 29.3 Å². The second kappa shape index (κ2) is 5.32. The van der Waals surface area contributed by atoms with Gasteiger partial charge in [0, 0.05) is 38.1 Å². The van der Waals surface area contributed by atoms with E-state index in [0.717, 1.165) is 24.1 Å². The van der Waals surface area contributed by atoms with E-state index in [1.54, 1.807) is 0 Å². The topological polar surface area (TPSA) is 73.7 Å². The Hall–Kier alpha value is -1.66. The summed E-state index contributed by atoms with van der Waals surface area (Å²) in [6.45, 7) is 2.00. The number of hydrogen-bond donors (Lipinski definition) is 2. The first-order chi connectivity index (χ1) is 8.60. The van der Waals surface area contributed by atoms with Crippen LogP contribution in [0.15, 0.2) is 18.6 Å². The molecular formula is C12H20N6. The number of nitrogens with zero attached hydrogens (tertiary/aromatic N) is 4. The number of rotatable bonds is 5. The molecule has 0 aromatic carbocycles. The van der Waals surface area contributed by atoms with Gasteiger partial charge in [-0.15, -0.1) is 0 Å². The molecule has 0 spiro atoms. The van der Waals surface area contributed by atoms with Crippen molar-refractivity contribution in [1.82, 2.24) is 25.0 Å². The van der Waals surface area contributed by atoms with E-state index in [2.05, 4.69) is 15.6 Å². The third kappa shape index (κ3) is 2.77. The molecule has 0 saturated heterocycles. The molecule has 2 heterocycles. The first kappa shape index (κ1) is 12.8. The molecule has 3 N–H and O–H groups in total. The number of aryl methyl sites for hydroxylation is 4. The first-order valence-electron chi connectivity index (χ1n) is 6.04. The van der Waals surface area contributed by atoms with Gasteiger partial charge in [-0.2, -0.15) is 10.2 Å². The summed E-state index contributed by atoms with van der Waals surface area (Å²) in [4.78, 5) is 0. The smallest absolute Gasteiger partial charge is 0.0641 e. The fraction of sp³-hybridized carbons (Fsp3) is 0.500. The monoisotopic (exact) mass is 248 g/mol. The van der Waals surface area contributed by atoms with E-state index < -0.39 is 0 Å². The highest BCUT2D eigenvalue weighted by Crippen LogP contribution is 2.20. The molecule has 0 saturated carbocycles. The van der Waals surface area contributed by atoms with Crippen molar-refractivity contribution in [2.24, 2.45) is 19.9 Å². The SMILES string of the molecule is Cc1nn(C)cc1C(CCc1cnn(C)c1)NN. The van der Waals surface area contributed by atoms with Gasteiger partial charge in [-0.25, -0.2) is 0 Å². The number of hydrazine groups is 1. The van der Waals surface area contributed by atoms with E-state index in [-0.39, 0.29) is 6.04 Å².